The van der Waals surface area contributed by atoms with Crippen molar-refractivity contribution < 1.29 is 14.6 Å². The summed E-state index contributed by atoms with van der Waals surface area (Å²) in [4.78, 5) is 0. The zero-order valence-corrected chi connectivity index (χ0v) is 13.1. The minimum atomic E-state index is -0.731. The van der Waals surface area contributed by atoms with Gasteiger partial charge in [0.1, 0.15) is 11.8 Å². The van der Waals surface area contributed by atoms with E-state index in [0.29, 0.717) is 16.9 Å². The van der Waals surface area contributed by atoms with E-state index < -0.39 is 11.7 Å². The summed E-state index contributed by atoms with van der Waals surface area (Å²) in [5, 5.41) is 15.1. The smallest absolute Gasteiger partial charge is 0.162 e. The summed E-state index contributed by atoms with van der Waals surface area (Å²) >= 11 is 0. The van der Waals surface area contributed by atoms with Gasteiger partial charge in [0.15, 0.2) is 5.75 Å². The van der Waals surface area contributed by atoms with E-state index in [9.17, 15) is 5.11 Å². The quantitative estimate of drug-likeness (QED) is 0.921. The molecule has 1 aliphatic rings. The molecule has 2 rings (SSSR count). The van der Waals surface area contributed by atoms with E-state index in [-0.39, 0.29) is 0 Å². The molecule has 1 aliphatic carbocycles. The molecule has 0 saturated heterocycles. The standard InChI is InChI=1S/C15H26N2O3/c1-14(2)6-8-15(20-5,9-7-14)13(18)12-11(19-4)10-16-17(12)3/h10,13,18H,6-9H2,1-5H3. The highest BCUT2D eigenvalue weighted by Crippen LogP contribution is 2.48. The van der Waals surface area contributed by atoms with E-state index in [2.05, 4.69) is 18.9 Å². The summed E-state index contributed by atoms with van der Waals surface area (Å²) in [5.74, 6) is 0.612. The van der Waals surface area contributed by atoms with E-state index in [1.807, 2.05) is 7.05 Å². The number of ether oxygens (including phenoxy) is 2. The van der Waals surface area contributed by atoms with Crippen molar-refractivity contribution in [2.24, 2.45) is 12.5 Å². The molecular weight excluding hydrogens is 256 g/mol. The van der Waals surface area contributed by atoms with Crippen molar-refractivity contribution >= 4 is 0 Å². The number of aromatic nitrogens is 2. The molecule has 0 spiro atoms. The topological polar surface area (TPSA) is 56.5 Å². The molecule has 1 aromatic heterocycles. The molecule has 114 valence electrons. The molecule has 5 nitrogen and oxygen atoms in total. The van der Waals surface area contributed by atoms with Gasteiger partial charge in [-0.25, -0.2) is 0 Å². The molecule has 1 saturated carbocycles. The predicted octanol–water partition coefficient (Wildman–Crippen LogP) is 2.45. The fourth-order valence-corrected chi connectivity index (χ4v) is 3.08. The van der Waals surface area contributed by atoms with Gasteiger partial charge >= 0.3 is 0 Å². The average Bonchev–Trinajstić information content (AvgIpc) is 2.79. The molecule has 0 bridgehead atoms. The van der Waals surface area contributed by atoms with Crippen molar-refractivity contribution in [3.63, 3.8) is 0 Å². The number of aliphatic hydroxyl groups excluding tert-OH is 1. The summed E-state index contributed by atoms with van der Waals surface area (Å²) in [6.45, 7) is 4.53. The van der Waals surface area contributed by atoms with Gasteiger partial charge in [-0.05, 0) is 31.1 Å². The van der Waals surface area contributed by atoms with Gasteiger partial charge in [-0.3, -0.25) is 4.68 Å². The van der Waals surface area contributed by atoms with Crippen LogP contribution in [0.3, 0.4) is 0 Å². The van der Waals surface area contributed by atoms with Gasteiger partial charge in [0, 0.05) is 14.2 Å². The lowest BCUT2D eigenvalue weighted by Crippen LogP contribution is -2.44. The largest absolute Gasteiger partial charge is 0.493 e. The first kappa shape index (κ1) is 15.3. The van der Waals surface area contributed by atoms with Crippen molar-refractivity contribution in [1.82, 2.24) is 9.78 Å². The Bertz CT molecular complexity index is 458. The van der Waals surface area contributed by atoms with Gasteiger partial charge in [0.05, 0.1) is 18.9 Å². The summed E-state index contributed by atoms with van der Waals surface area (Å²) in [6, 6.07) is 0. The third kappa shape index (κ3) is 2.56. The van der Waals surface area contributed by atoms with Crippen LogP contribution in [0.2, 0.25) is 0 Å². The lowest BCUT2D eigenvalue weighted by Gasteiger charge is -2.45. The van der Waals surface area contributed by atoms with Crippen molar-refractivity contribution in [2.75, 3.05) is 14.2 Å². The highest BCUT2D eigenvalue weighted by molar-refractivity contribution is 5.29. The van der Waals surface area contributed by atoms with Crippen LogP contribution in [-0.4, -0.2) is 34.7 Å². The van der Waals surface area contributed by atoms with Crippen LogP contribution in [0.5, 0.6) is 5.75 Å². The maximum Gasteiger partial charge on any atom is 0.162 e. The number of methoxy groups -OCH3 is 2. The van der Waals surface area contributed by atoms with Crippen LogP contribution < -0.4 is 4.74 Å². The molecule has 0 aromatic carbocycles. The van der Waals surface area contributed by atoms with E-state index in [1.54, 1.807) is 25.1 Å². The zero-order chi connectivity index (χ0) is 15.0. The van der Waals surface area contributed by atoms with Crippen LogP contribution in [0, 0.1) is 5.41 Å². The third-order valence-corrected chi connectivity index (χ3v) is 4.78. The first-order valence-corrected chi connectivity index (χ1v) is 7.14. The van der Waals surface area contributed by atoms with E-state index in [1.165, 1.54) is 0 Å². The SMILES string of the molecule is COc1cnn(C)c1C(O)C1(OC)CCC(C)(C)CC1. The number of hydrogen-bond acceptors (Lipinski definition) is 4. The van der Waals surface area contributed by atoms with Gasteiger partial charge in [0.2, 0.25) is 0 Å². The molecular formula is C15H26N2O3. The monoisotopic (exact) mass is 282 g/mol. The molecule has 1 heterocycles. The lowest BCUT2D eigenvalue weighted by atomic mass is 9.68. The molecule has 5 heteroatoms. The van der Waals surface area contributed by atoms with Crippen LogP contribution >= 0.6 is 0 Å². The Labute approximate surface area is 120 Å². The molecule has 20 heavy (non-hydrogen) atoms. The Kier molecular flexibility index (Phi) is 4.12. The van der Waals surface area contributed by atoms with Crippen molar-refractivity contribution in [3.05, 3.63) is 11.9 Å². The highest BCUT2D eigenvalue weighted by atomic mass is 16.5. The minimum Gasteiger partial charge on any atom is -0.493 e. The van der Waals surface area contributed by atoms with Crippen LogP contribution in [0.4, 0.5) is 0 Å². The maximum absolute atomic E-state index is 10.9. The molecule has 1 unspecified atom stereocenters. The van der Waals surface area contributed by atoms with Gasteiger partial charge in [-0.2, -0.15) is 5.10 Å². The number of aryl methyl sites for hydroxylation is 1. The van der Waals surface area contributed by atoms with E-state index in [0.717, 1.165) is 25.7 Å². The second-order valence-electron chi connectivity index (χ2n) is 6.56. The first-order valence-electron chi connectivity index (χ1n) is 7.14. The number of rotatable bonds is 4. The Morgan fingerprint density at radius 2 is 1.85 bits per heavy atom. The third-order valence-electron chi connectivity index (χ3n) is 4.78. The molecule has 1 fully saturated rings. The fraction of sp³-hybridized carbons (Fsp3) is 0.800. The minimum absolute atomic E-state index is 0.318. The molecule has 1 N–H and O–H groups in total. The van der Waals surface area contributed by atoms with Crippen LogP contribution in [0.15, 0.2) is 6.20 Å². The Hall–Kier alpha value is -1.07. The first-order chi connectivity index (χ1) is 9.35. The van der Waals surface area contributed by atoms with E-state index in [4.69, 9.17) is 9.47 Å². The predicted molar refractivity (Wildman–Crippen MR) is 76.7 cm³/mol. The molecule has 1 aromatic rings. The normalized spacial score (nSPS) is 22.5. The van der Waals surface area contributed by atoms with Crippen LogP contribution in [-0.2, 0) is 11.8 Å². The van der Waals surface area contributed by atoms with Gasteiger partial charge < -0.3 is 14.6 Å². The average molecular weight is 282 g/mol. The Morgan fingerprint density at radius 1 is 1.25 bits per heavy atom. The highest BCUT2D eigenvalue weighted by Gasteiger charge is 2.46. The number of nitrogens with zero attached hydrogens (tertiary/aromatic N) is 2. The van der Waals surface area contributed by atoms with Crippen molar-refractivity contribution in [1.29, 1.82) is 0 Å². The van der Waals surface area contributed by atoms with Crippen molar-refractivity contribution in [3.8, 4) is 5.75 Å². The second-order valence-corrected chi connectivity index (χ2v) is 6.56. The second kappa shape index (κ2) is 5.37. The van der Waals surface area contributed by atoms with E-state index >= 15 is 0 Å². The Balaban J connectivity index is 2.30. The summed E-state index contributed by atoms with van der Waals surface area (Å²) < 4.78 is 12.7. The number of aliphatic hydroxyl groups is 1. The molecule has 0 radical (unpaired) electrons. The van der Waals surface area contributed by atoms with Gasteiger partial charge in [-0.1, -0.05) is 13.8 Å². The maximum atomic E-state index is 10.9. The van der Waals surface area contributed by atoms with Gasteiger partial charge in [0.25, 0.3) is 0 Å². The van der Waals surface area contributed by atoms with Crippen molar-refractivity contribution in [2.45, 2.75) is 51.2 Å². The summed E-state index contributed by atoms with van der Waals surface area (Å²) in [7, 11) is 5.10. The zero-order valence-electron chi connectivity index (χ0n) is 13.1. The number of hydrogen-bond donors (Lipinski definition) is 1. The van der Waals surface area contributed by atoms with Gasteiger partial charge in [-0.15, -0.1) is 0 Å². The molecule has 0 amide bonds. The lowest BCUT2D eigenvalue weighted by molar-refractivity contribution is -0.141. The summed E-state index contributed by atoms with van der Waals surface area (Å²) in [5.41, 5.74) is 0.462. The van der Waals surface area contributed by atoms with Crippen LogP contribution in [0.1, 0.15) is 51.3 Å². The molecule has 1 atom stereocenters. The summed E-state index contributed by atoms with van der Waals surface area (Å²) in [6.07, 6.45) is 4.66. The molecule has 0 aliphatic heterocycles. The fourth-order valence-electron chi connectivity index (χ4n) is 3.08. The van der Waals surface area contributed by atoms with Crippen LogP contribution in [0.25, 0.3) is 0 Å². The Morgan fingerprint density at radius 3 is 2.35 bits per heavy atom.